The molecule has 3 amide bonds. The Morgan fingerprint density at radius 1 is 0.816 bits per heavy atom. The Kier molecular flexibility index (Phi) is 10.8. The third-order valence-electron chi connectivity index (χ3n) is 6.53. The minimum Gasteiger partial charge on any atom is -0.480 e. The molecule has 9 heteroatoms. The SMILES string of the molecule is CC(C)CC(NC(=O)C(Cc1ccccc1)NC(=O)C(Cc1ccccc1)NC(=O)C1CCCN1)C(=O)O. The van der Waals surface area contributed by atoms with Crippen molar-refractivity contribution in [2.24, 2.45) is 5.92 Å². The van der Waals surface area contributed by atoms with Crippen molar-refractivity contribution in [1.29, 1.82) is 0 Å². The predicted octanol–water partition coefficient (Wildman–Crippen LogP) is 1.81. The van der Waals surface area contributed by atoms with Gasteiger partial charge in [0.25, 0.3) is 0 Å². The first-order chi connectivity index (χ1) is 18.2. The number of aliphatic carboxylic acids is 1. The van der Waals surface area contributed by atoms with Gasteiger partial charge in [-0.05, 0) is 42.9 Å². The predicted molar refractivity (Wildman–Crippen MR) is 144 cm³/mol. The second-order valence-electron chi connectivity index (χ2n) is 10.2. The Balaban J connectivity index is 1.80. The molecule has 0 bridgehead atoms. The van der Waals surface area contributed by atoms with Crippen LogP contribution >= 0.6 is 0 Å². The number of benzene rings is 2. The molecule has 1 aliphatic rings. The zero-order valence-corrected chi connectivity index (χ0v) is 22.0. The molecule has 2 aromatic carbocycles. The maximum Gasteiger partial charge on any atom is 0.326 e. The van der Waals surface area contributed by atoms with Crippen molar-refractivity contribution in [3.8, 4) is 0 Å². The van der Waals surface area contributed by atoms with Gasteiger partial charge >= 0.3 is 5.97 Å². The van der Waals surface area contributed by atoms with E-state index in [1.165, 1.54) is 0 Å². The fourth-order valence-corrected chi connectivity index (χ4v) is 4.54. The fourth-order valence-electron chi connectivity index (χ4n) is 4.54. The van der Waals surface area contributed by atoms with E-state index in [4.69, 9.17) is 0 Å². The molecule has 1 saturated heterocycles. The lowest BCUT2D eigenvalue weighted by Crippen LogP contribution is -2.58. The highest BCUT2D eigenvalue weighted by Gasteiger charge is 2.32. The normalized spacial score (nSPS) is 17.3. The molecule has 3 rings (SSSR count). The molecule has 1 fully saturated rings. The number of nitrogens with one attached hydrogen (secondary N) is 4. The molecule has 1 heterocycles. The quantitative estimate of drug-likeness (QED) is 0.272. The van der Waals surface area contributed by atoms with Crippen LogP contribution in [0.3, 0.4) is 0 Å². The Bertz CT molecular complexity index is 1070. The van der Waals surface area contributed by atoms with Gasteiger partial charge in [0, 0.05) is 12.8 Å². The van der Waals surface area contributed by atoms with Crippen molar-refractivity contribution >= 4 is 23.7 Å². The first-order valence-corrected chi connectivity index (χ1v) is 13.2. The summed E-state index contributed by atoms with van der Waals surface area (Å²) in [4.78, 5) is 51.5. The molecule has 0 aromatic heterocycles. The lowest BCUT2D eigenvalue weighted by atomic mass is 10.0. The summed E-state index contributed by atoms with van der Waals surface area (Å²) in [6, 6.07) is 15.1. The molecule has 204 valence electrons. The van der Waals surface area contributed by atoms with Crippen LogP contribution < -0.4 is 21.3 Å². The standard InChI is InChI=1S/C29H38N4O5/c1-19(2)16-25(29(37)38)33-28(36)24(18-21-12-7-4-8-13-21)32-27(35)23(17-20-10-5-3-6-11-20)31-26(34)22-14-9-15-30-22/h3-8,10-13,19,22-25,30H,9,14-18H2,1-2H3,(H,31,34)(H,32,35)(H,33,36)(H,37,38). The first-order valence-electron chi connectivity index (χ1n) is 13.2. The summed E-state index contributed by atoms with van der Waals surface area (Å²) >= 11 is 0. The third-order valence-corrected chi connectivity index (χ3v) is 6.53. The molecular weight excluding hydrogens is 484 g/mol. The van der Waals surface area contributed by atoms with E-state index >= 15 is 0 Å². The Morgan fingerprint density at radius 2 is 1.32 bits per heavy atom. The third kappa shape index (κ3) is 8.99. The van der Waals surface area contributed by atoms with Gasteiger partial charge in [-0.25, -0.2) is 4.79 Å². The summed E-state index contributed by atoms with van der Waals surface area (Å²) in [6.07, 6.45) is 2.25. The lowest BCUT2D eigenvalue weighted by molar-refractivity contribution is -0.142. The van der Waals surface area contributed by atoms with Crippen LogP contribution in [0.15, 0.2) is 60.7 Å². The van der Waals surface area contributed by atoms with Gasteiger partial charge in [-0.2, -0.15) is 0 Å². The average Bonchev–Trinajstić information content (AvgIpc) is 3.44. The largest absolute Gasteiger partial charge is 0.480 e. The summed E-state index contributed by atoms with van der Waals surface area (Å²) in [7, 11) is 0. The van der Waals surface area contributed by atoms with Crippen LogP contribution in [0.1, 0.15) is 44.2 Å². The second-order valence-corrected chi connectivity index (χ2v) is 10.2. The molecule has 2 aromatic rings. The Morgan fingerprint density at radius 3 is 1.76 bits per heavy atom. The minimum atomic E-state index is -1.13. The van der Waals surface area contributed by atoms with Crippen molar-refractivity contribution in [2.75, 3.05) is 6.54 Å². The molecule has 0 aliphatic carbocycles. The van der Waals surface area contributed by atoms with Gasteiger partial charge in [0.2, 0.25) is 17.7 Å². The van der Waals surface area contributed by atoms with Crippen LogP contribution in [0.2, 0.25) is 0 Å². The zero-order valence-electron chi connectivity index (χ0n) is 22.0. The van der Waals surface area contributed by atoms with Crippen LogP contribution in [0.5, 0.6) is 0 Å². The first kappa shape index (κ1) is 28.8. The highest BCUT2D eigenvalue weighted by Crippen LogP contribution is 2.11. The highest BCUT2D eigenvalue weighted by molar-refractivity contribution is 5.94. The molecule has 0 radical (unpaired) electrons. The molecular formula is C29H38N4O5. The van der Waals surface area contributed by atoms with E-state index in [1.54, 1.807) is 0 Å². The number of carbonyl (C=O) groups is 4. The van der Waals surface area contributed by atoms with Gasteiger partial charge in [-0.1, -0.05) is 74.5 Å². The number of rotatable bonds is 13. The van der Waals surface area contributed by atoms with Crippen LogP contribution in [-0.2, 0) is 32.0 Å². The monoisotopic (exact) mass is 522 g/mol. The number of carboxylic acids is 1. The van der Waals surface area contributed by atoms with Gasteiger partial charge in [-0.3, -0.25) is 14.4 Å². The van der Waals surface area contributed by atoms with E-state index in [0.29, 0.717) is 6.42 Å². The average molecular weight is 523 g/mol. The Labute approximate surface area is 223 Å². The van der Waals surface area contributed by atoms with Crippen LogP contribution in [0.4, 0.5) is 0 Å². The molecule has 4 unspecified atom stereocenters. The molecule has 0 saturated carbocycles. The maximum atomic E-state index is 13.6. The molecule has 0 spiro atoms. The number of hydrogen-bond acceptors (Lipinski definition) is 5. The molecule has 4 atom stereocenters. The van der Waals surface area contributed by atoms with Crippen LogP contribution in [0.25, 0.3) is 0 Å². The number of carboxylic acid groups (broad SMARTS) is 1. The van der Waals surface area contributed by atoms with Crippen molar-refractivity contribution in [2.45, 2.75) is 70.1 Å². The highest BCUT2D eigenvalue weighted by atomic mass is 16.4. The van der Waals surface area contributed by atoms with Gasteiger partial charge < -0.3 is 26.4 Å². The smallest absolute Gasteiger partial charge is 0.326 e. The van der Waals surface area contributed by atoms with Gasteiger partial charge in [0.15, 0.2) is 0 Å². The van der Waals surface area contributed by atoms with E-state index in [9.17, 15) is 24.3 Å². The Hall–Kier alpha value is -3.72. The summed E-state index contributed by atoms with van der Waals surface area (Å²) in [5.41, 5.74) is 1.67. The second kappa shape index (κ2) is 14.3. The molecule has 9 nitrogen and oxygen atoms in total. The lowest BCUT2D eigenvalue weighted by Gasteiger charge is -2.26. The topological polar surface area (TPSA) is 137 Å². The van der Waals surface area contributed by atoms with E-state index in [-0.39, 0.29) is 37.1 Å². The number of amides is 3. The van der Waals surface area contributed by atoms with Gasteiger partial charge in [0.05, 0.1) is 6.04 Å². The summed E-state index contributed by atoms with van der Waals surface area (Å²) in [5, 5.41) is 21.0. The zero-order chi connectivity index (χ0) is 27.5. The van der Waals surface area contributed by atoms with Crippen molar-refractivity contribution in [3.63, 3.8) is 0 Å². The van der Waals surface area contributed by atoms with Crippen LogP contribution in [0, 0.1) is 5.92 Å². The number of carbonyl (C=O) groups excluding carboxylic acids is 3. The van der Waals surface area contributed by atoms with E-state index in [1.807, 2.05) is 74.5 Å². The van der Waals surface area contributed by atoms with Crippen molar-refractivity contribution < 1.29 is 24.3 Å². The maximum absolute atomic E-state index is 13.6. The van der Waals surface area contributed by atoms with E-state index in [2.05, 4.69) is 21.3 Å². The number of hydrogen-bond donors (Lipinski definition) is 5. The summed E-state index contributed by atoms with van der Waals surface area (Å²) in [6.45, 7) is 4.50. The summed E-state index contributed by atoms with van der Waals surface area (Å²) < 4.78 is 0. The minimum absolute atomic E-state index is 0.0493. The fraction of sp³-hybridized carbons (Fsp3) is 0.448. The van der Waals surface area contributed by atoms with Gasteiger partial charge in [0.1, 0.15) is 18.1 Å². The molecule has 38 heavy (non-hydrogen) atoms. The van der Waals surface area contributed by atoms with E-state index < -0.39 is 35.9 Å². The van der Waals surface area contributed by atoms with Crippen LogP contribution in [-0.4, -0.2) is 59.5 Å². The van der Waals surface area contributed by atoms with Crippen molar-refractivity contribution in [3.05, 3.63) is 71.8 Å². The summed E-state index contributed by atoms with van der Waals surface area (Å²) in [5.74, 6) is -2.43. The molecule has 5 N–H and O–H groups in total. The molecule has 1 aliphatic heterocycles. The van der Waals surface area contributed by atoms with E-state index in [0.717, 1.165) is 24.1 Å². The van der Waals surface area contributed by atoms with Crippen molar-refractivity contribution in [1.82, 2.24) is 21.3 Å². The van der Waals surface area contributed by atoms with Gasteiger partial charge in [-0.15, -0.1) is 0 Å².